The standard InChI is InChI=1S/C15H24FNO/c1-10(17(6)11(2)15(3,4)5)13-9-12(16)7-8-14(13)18/h7-11,18H,1-6H3. The van der Waals surface area contributed by atoms with E-state index < -0.39 is 0 Å². The molecule has 0 spiro atoms. The lowest BCUT2D eigenvalue weighted by molar-refractivity contribution is 0.103. The maximum atomic E-state index is 13.3. The van der Waals surface area contributed by atoms with Crippen LogP contribution < -0.4 is 0 Å². The fraction of sp³-hybridized carbons (Fsp3) is 0.600. The molecule has 0 amide bonds. The second-order valence-corrected chi connectivity index (χ2v) is 6.09. The van der Waals surface area contributed by atoms with Crippen LogP contribution in [-0.2, 0) is 0 Å². The van der Waals surface area contributed by atoms with E-state index in [9.17, 15) is 9.50 Å². The molecule has 1 N–H and O–H groups in total. The number of rotatable bonds is 3. The van der Waals surface area contributed by atoms with Crippen molar-refractivity contribution in [1.29, 1.82) is 0 Å². The number of halogens is 1. The van der Waals surface area contributed by atoms with Crippen molar-refractivity contribution in [2.45, 2.75) is 46.7 Å². The first-order valence-electron chi connectivity index (χ1n) is 6.35. The number of phenolic OH excluding ortho intramolecular Hbond substituents is 1. The van der Waals surface area contributed by atoms with E-state index in [-0.39, 0.29) is 23.0 Å². The van der Waals surface area contributed by atoms with E-state index in [0.29, 0.717) is 11.6 Å². The van der Waals surface area contributed by atoms with E-state index in [1.54, 1.807) is 0 Å². The summed E-state index contributed by atoms with van der Waals surface area (Å²) in [4.78, 5) is 2.16. The first-order chi connectivity index (χ1) is 8.14. The van der Waals surface area contributed by atoms with Crippen molar-refractivity contribution in [3.63, 3.8) is 0 Å². The van der Waals surface area contributed by atoms with Gasteiger partial charge in [0, 0.05) is 17.6 Å². The minimum absolute atomic E-state index is 0.0325. The first-order valence-corrected chi connectivity index (χ1v) is 6.35. The van der Waals surface area contributed by atoms with Gasteiger partial charge in [-0.1, -0.05) is 20.8 Å². The van der Waals surface area contributed by atoms with Gasteiger partial charge < -0.3 is 5.11 Å². The van der Waals surface area contributed by atoms with Crippen molar-refractivity contribution in [2.75, 3.05) is 7.05 Å². The molecular weight excluding hydrogens is 229 g/mol. The largest absolute Gasteiger partial charge is 0.508 e. The average Bonchev–Trinajstić information content (AvgIpc) is 2.28. The van der Waals surface area contributed by atoms with Crippen LogP contribution in [0.2, 0.25) is 0 Å². The van der Waals surface area contributed by atoms with Crippen LogP contribution in [0.1, 0.15) is 46.2 Å². The van der Waals surface area contributed by atoms with Gasteiger partial charge in [0.25, 0.3) is 0 Å². The molecule has 2 atom stereocenters. The van der Waals surface area contributed by atoms with Gasteiger partial charge in [0.15, 0.2) is 0 Å². The number of nitrogens with zero attached hydrogens (tertiary/aromatic N) is 1. The fourth-order valence-corrected chi connectivity index (χ4v) is 2.03. The number of hydrogen-bond acceptors (Lipinski definition) is 2. The van der Waals surface area contributed by atoms with Gasteiger partial charge in [-0.3, -0.25) is 4.90 Å². The third-order valence-corrected chi connectivity index (χ3v) is 3.91. The topological polar surface area (TPSA) is 23.5 Å². The van der Waals surface area contributed by atoms with E-state index >= 15 is 0 Å². The zero-order valence-corrected chi connectivity index (χ0v) is 12.2. The highest BCUT2D eigenvalue weighted by Crippen LogP contribution is 2.33. The highest BCUT2D eigenvalue weighted by molar-refractivity contribution is 5.35. The Balaban J connectivity index is 2.99. The summed E-state index contributed by atoms with van der Waals surface area (Å²) in [6.45, 7) is 10.6. The van der Waals surface area contributed by atoms with E-state index in [1.165, 1.54) is 18.2 Å². The minimum Gasteiger partial charge on any atom is -0.508 e. The molecule has 0 aliphatic carbocycles. The van der Waals surface area contributed by atoms with Gasteiger partial charge in [-0.05, 0) is 44.5 Å². The summed E-state index contributed by atoms with van der Waals surface area (Å²) >= 11 is 0. The van der Waals surface area contributed by atoms with E-state index in [0.717, 1.165) is 0 Å². The second-order valence-electron chi connectivity index (χ2n) is 6.09. The molecule has 1 aromatic carbocycles. The first kappa shape index (κ1) is 15.0. The summed E-state index contributed by atoms with van der Waals surface area (Å²) in [5, 5.41) is 9.85. The molecule has 0 bridgehead atoms. The summed E-state index contributed by atoms with van der Waals surface area (Å²) in [5.41, 5.74) is 0.764. The van der Waals surface area contributed by atoms with Crippen molar-refractivity contribution in [1.82, 2.24) is 4.90 Å². The molecule has 102 valence electrons. The Morgan fingerprint density at radius 1 is 1.22 bits per heavy atom. The molecule has 0 aliphatic heterocycles. The third-order valence-electron chi connectivity index (χ3n) is 3.91. The maximum absolute atomic E-state index is 13.3. The Kier molecular flexibility index (Phi) is 4.38. The molecule has 0 aromatic heterocycles. The third kappa shape index (κ3) is 3.22. The van der Waals surface area contributed by atoms with Gasteiger partial charge in [0.05, 0.1) is 0 Å². The lowest BCUT2D eigenvalue weighted by Crippen LogP contribution is -2.40. The van der Waals surface area contributed by atoms with E-state index in [4.69, 9.17) is 0 Å². The lowest BCUT2D eigenvalue weighted by Gasteiger charge is -2.39. The van der Waals surface area contributed by atoms with Crippen molar-refractivity contribution in [3.8, 4) is 5.75 Å². The van der Waals surface area contributed by atoms with Crippen LogP contribution in [0.4, 0.5) is 4.39 Å². The van der Waals surface area contributed by atoms with Gasteiger partial charge in [-0.25, -0.2) is 4.39 Å². The average molecular weight is 253 g/mol. The van der Waals surface area contributed by atoms with Crippen molar-refractivity contribution < 1.29 is 9.50 Å². The zero-order valence-electron chi connectivity index (χ0n) is 12.2. The SMILES string of the molecule is CC(c1cc(F)ccc1O)N(C)C(C)C(C)(C)C. The molecule has 2 nitrogen and oxygen atoms in total. The predicted molar refractivity (Wildman–Crippen MR) is 73.2 cm³/mol. The van der Waals surface area contributed by atoms with Crippen LogP contribution in [0, 0.1) is 11.2 Å². The number of benzene rings is 1. The molecule has 18 heavy (non-hydrogen) atoms. The number of hydrogen-bond donors (Lipinski definition) is 1. The Morgan fingerprint density at radius 2 is 1.78 bits per heavy atom. The Morgan fingerprint density at radius 3 is 2.28 bits per heavy atom. The summed E-state index contributed by atoms with van der Waals surface area (Å²) in [6, 6.07) is 4.38. The van der Waals surface area contributed by atoms with Crippen LogP contribution in [-0.4, -0.2) is 23.1 Å². The molecule has 1 rings (SSSR count). The van der Waals surface area contributed by atoms with Crippen LogP contribution in [0.5, 0.6) is 5.75 Å². The van der Waals surface area contributed by atoms with Crippen LogP contribution in [0.25, 0.3) is 0 Å². The summed E-state index contributed by atoms with van der Waals surface area (Å²) in [5.74, 6) is -0.164. The Hall–Kier alpha value is -1.09. The van der Waals surface area contributed by atoms with Gasteiger partial charge >= 0.3 is 0 Å². The molecule has 0 fully saturated rings. The summed E-state index contributed by atoms with van der Waals surface area (Å²) in [6.07, 6.45) is 0. The molecule has 1 aromatic rings. The predicted octanol–water partition coefficient (Wildman–Crippen LogP) is 3.96. The maximum Gasteiger partial charge on any atom is 0.123 e. The highest BCUT2D eigenvalue weighted by Gasteiger charge is 2.28. The van der Waals surface area contributed by atoms with Crippen LogP contribution in [0.3, 0.4) is 0 Å². The Labute approximate surface area is 109 Å². The fourth-order valence-electron chi connectivity index (χ4n) is 2.03. The minimum atomic E-state index is -0.313. The van der Waals surface area contributed by atoms with Gasteiger partial charge in [0.1, 0.15) is 11.6 Å². The number of phenols is 1. The monoisotopic (exact) mass is 253 g/mol. The summed E-state index contributed by atoms with van der Waals surface area (Å²) < 4.78 is 13.3. The summed E-state index contributed by atoms with van der Waals surface area (Å²) in [7, 11) is 2.00. The quantitative estimate of drug-likeness (QED) is 0.881. The molecular formula is C15H24FNO. The molecule has 0 aliphatic rings. The number of aromatic hydroxyl groups is 1. The molecule has 0 heterocycles. The molecule has 2 unspecified atom stereocenters. The lowest BCUT2D eigenvalue weighted by atomic mass is 9.86. The molecule has 3 heteroatoms. The van der Waals surface area contributed by atoms with Crippen LogP contribution >= 0.6 is 0 Å². The van der Waals surface area contributed by atoms with Crippen molar-refractivity contribution in [2.24, 2.45) is 5.41 Å². The second kappa shape index (κ2) is 5.27. The van der Waals surface area contributed by atoms with Crippen LogP contribution in [0.15, 0.2) is 18.2 Å². The zero-order chi connectivity index (χ0) is 14.1. The Bertz CT molecular complexity index is 411. The van der Waals surface area contributed by atoms with E-state index in [2.05, 4.69) is 32.6 Å². The van der Waals surface area contributed by atoms with Gasteiger partial charge in [-0.15, -0.1) is 0 Å². The van der Waals surface area contributed by atoms with Gasteiger partial charge in [-0.2, -0.15) is 0 Å². The molecule has 0 saturated carbocycles. The molecule has 0 radical (unpaired) electrons. The molecule has 0 saturated heterocycles. The van der Waals surface area contributed by atoms with Crippen molar-refractivity contribution >= 4 is 0 Å². The van der Waals surface area contributed by atoms with Gasteiger partial charge in [0.2, 0.25) is 0 Å². The van der Waals surface area contributed by atoms with Crippen molar-refractivity contribution in [3.05, 3.63) is 29.6 Å². The van der Waals surface area contributed by atoms with E-state index in [1.807, 2.05) is 14.0 Å². The highest BCUT2D eigenvalue weighted by atomic mass is 19.1. The smallest absolute Gasteiger partial charge is 0.123 e. The normalized spacial score (nSPS) is 15.8.